The number of phenolic OH excluding ortho intramolecular Hbond substituents is 1. The average Bonchev–Trinajstić information content (AvgIpc) is 3.05. The molecule has 3 saturated heterocycles. The molecule has 2 aromatic rings. The Kier molecular flexibility index (Phi) is 3.52. The fraction of sp³-hybridized carbons (Fsp3) is 0.381. The molecule has 2 atom stereocenters. The maximum atomic E-state index is 9.69. The van der Waals surface area contributed by atoms with Crippen molar-refractivity contribution in [3.63, 3.8) is 0 Å². The third-order valence-electron chi connectivity index (χ3n) is 5.93. The van der Waals surface area contributed by atoms with Gasteiger partial charge in [-0.3, -0.25) is 9.91 Å². The lowest BCUT2D eigenvalue weighted by atomic mass is 9.78. The molecule has 0 aromatic heterocycles. The molecule has 2 unspecified atom stereocenters. The fourth-order valence-corrected chi connectivity index (χ4v) is 4.71. The van der Waals surface area contributed by atoms with Gasteiger partial charge in [0.1, 0.15) is 5.75 Å². The summed E-state index contributed by atoms with van der Waals surface area (Å²) >= 11 is 0. The Bertz CT molecular complexity index is 779. The van der Waals surface area contributed by atoms with E-state index in [-0.39, 0.29) is 6.04 Å². The molecule has 4 heteroatoms. The average molecular weight is 333 g/mol. The summed E-state index contributed by atoms with van der Waals surface area (Å²) in [6.07, 6.45) is 2.49. The van der Waals surface area contributed by atoms with Crippen molar-refractivity contribution < 1.29 is 5.11 Å². The Balaban J connectivity index is 1.53. The number of rotatable bonds is 3. The summed E-state index contributed by atoms with van der Waals surface area (Å²) in [7, 11) is 0. The van der Waals surface area contributed by atoms with E-state index >= 15 is 0 Å². The van der Waals surface area contributed by atoms with Crippen LogP contribution in [0.25, 0.3) is 0 Å². The van der Waals surface area contributed by atoms with Crippen LogP contribution >= 0.6 is 0 Å². The van der Waals surface area contributed by atoms with Gasteiger partial charge in [-0.05, 0) is 49.2 Å². The largest absolute Gasteiger partial charge is 0.508 e. The first-order chi connectivity index (χ1) is 12.3. The van der Waals surface area contributed by atoms with Gasteiger partial charge in [-0.1, -0.05) is 42.5 Å². The molecule has 4 nitrogen and oxygen atoms in total. The van der Waals surface area contributed by atoms with Crippen LogP contribution in [-0.2, 0) is 6.54 Å². The van der Waals surface area contributed by atoms with Crippen LogP contribution in [0.4, 0.5) is 0 Å². The fourth-order valence-electron chi connectivity index (χ4n) is 4.71. The molecule has 0 aliphatic carbocycles. The molecule has 0 spiro atoms. The second-order valence-electron chi connectivity index (χ2n) is 7.40. The van der Waals surface area contributed by atoms with E-state index in [4.69, 9.17) is 5.10 Å². The molecule has 1 N–H and O–H groups in total. The van der Waals surface area contributed by atoms with E-state index in [1.165, 1.54) is 42.8 Å². The van der Waals surface area contributed by atoms with E-state index in [1.807, 2.05) is 0 Å². The van der Waals surface area contributed by atoms with Crippen molar-refractivity contribution in [2.24, 2.45) is 11.0 Å². The molecule has 25 heavy (non-hydrogen) atoms. The summed E-state index contributed by atoms with van der Waals surface area (Å²) in [5.41, 5.74) is 3.91. The highest BCUT2D eigenvalue weighted by molar-refractivity contribution is 5.95. The molecule has 0 saturated carbocycles. The van der Waals surface area contributed by atoms with Crippen LogP contribution in [0.15, 0.2) is 59.7 Å². The predicted octanol–water partition coefficient (Wildman–Crippen LogP) is 3.40. The van der Waals surface area contributed by atoms with E-state index in [2.05, 4.69) is 52.4 Å². The zero-order chi connectivity index (χ0) is 16.8. The molecular formula is C21H23N3O. The summed E-state index contributed by atoms with van der Waals surface area (Å²) < 4.78 is 0. The molecule has 6 rings (SSSR count). The number of aromatic hydroxyl groups is 1. The monoisotopic (exact) mass is 333 g/mol. The minimum atomic E-state index is 0.235. The van der Waals surface area contributed by atoms with E-state index in [9.17, 15) is 5.11 Å². The van der Waals surface area contributed by atoms with Gasteiger partial charge in [0.15, 0.2) is 0 Å². The highest BCUT2D eigenvalue weighted by Crippen LogP contribution is 2.44. The maximum absolute atomic E-state index is 9.69. The number of piperidine rings is 3. The highest BCUT2D eigenvalue weighted by atomic mass is 16.3. The number of hydrogen-bond donors (Lipinski definition) is 1. The van der Waals surface area contributed by atoms with Gasteiger partial charge < -0.3 is 5.11 Å². The molecular weight excluding hydrogens is 310 g/mol. The summed E-state index contributed by atoms with van der Waals surface area (Å²) in [5, 5.41) is 17.1. The quantitative estimate of drug-likeness (QED) is 0.936. The molecule has 0 amide bonds. The van der Waals surface area contributed by atoms with Crippen molar-refractivity contribution >= 4 is 5.71 Å². The normalized spacial score (nSPS) is 30.2. The molecule has 3 fully saturated rings. The van der Waals surface area contributed by atoms with Crippen LogP contribution in [0, 0.1) is 5.92 Å². The maximum Gasteiger partial charge on any atom is 0.115 e. The summed E-state index contributed by atoms with van der Waals surface area (Å²) in [6, 6.07) is 18.9. The Morgan fingerprint density at radius 1 is 0.920 bits per heavy atom. The van der Waals surface area contributed by atoms with Crippen molar-refractivity contribution in [3.05, 3.63) is 65.7 Å². The summed E-state index contributed by atoms with van der Waals surface area (Å²) in [6.45, 7) is 3.19. The number of fused-ring (bicyclic) bond motifs is 2. The smallest absolute Gasteiger partial charge is 0.115 e. The number of hydrogen-bond acceptors (Lipinski definition) is 4. The van der Waals surface area contributed by atoms with Crippen LogP contribution < -0.4 is 0 Å². The second kappa shape index (κ2) is 5.88. The molecule has 4 aliphatic rings. The molecule has 2 aromatic carbocycles. The van der Waals surface area contributed by atoms with Gasteiger partial charge >= 0.3 is 0 Å². The minimum absolute atomic E-state index is 0.235. The lowest BCUT2D eigenvalue weighted by Crippen LogP contribution is -2.56. The van der Waals surface area contributed by atoms with E-state index < -0.39 is 0 Å². The molecule has 4 aliphatic heterocycles. The summed E-state index contributed by atoms with van der Waals surface area (Å²) in [4.78, 5) is 2.61. The number of hydrazone groups is 1. The van der Waals surface area contributed by atoms with Crippen LogP contribution in [-0.4, -0.2) is 39.9 Å². The van der Waals surface area contributed by atoms with Crippen molar-refractivity contribution in [2.45, 2.75) is 31.5 Å². The van der Waals surface area contributed by atoms with E-state index in [0.29, 0.717) is 17.7 Å². The van der Waals surface area contributed by atoms with Gasteiger partial charge in [0.05, 0.1) is 24.3 Å². The highest BCUT2D eigenvalue weighted by Gasteiger charge is 2.49. The van der Waals surface area contributed by atoms with E-state index in [1.54, 1.807) is 12.1 Å². The third kappa shape index (κ3) is 2.52. The first-order valence-electron chi connectivity index (χ1n) is 9.21. The Hall–Kier alpha value is -2.33. The topological polar surface area (TPSA) is 39.1 Å². The SMILES string of the molecule is Oc1ccc(C2C3C(=NN2Cc2ccccc2)C2CCN3CC2)cc1. The Morgan fingerprint density at radius 3 is 2.36 bits per heavy atom. The number of phenols is 1. The van der Waals surface area contributed by atoms with Crippen LogP contribution in [0.2, 0.25) is 0 Å². The molecule has 2 bridgehead atoms. The zero-order valence-corrected chi connectivity index (χ0v) is 14.3. The predicted molar refractivity (Wildman–Crippen MR) is 98.4 cm³/mol. The van der Waals surface area contributed by atoms with Crippen LogP contribution in [0.5, 0.6) is 5.75 Å². The lowest BCUT2D eigenvalue weighted by molar-refractivity contribution is 0.0937. The first-order valence-corrected chi connectivity index (χ1v) is 9.21. The molecule has 0 radical (unpaired) electrons. The van der Waals surface area contributed by atoms with Crippen molar-refractivity contribution in [3.8, 4) is 5.75 Å². The number of benzene rings is 2. The van der Waals surface area contributed by atoms with Crippen molar-refractivity contribution in [1.82, 2.24) is 9.91 Å². The van der Waals surface area contributed by atoms with Crippen molar-refractivity contribution in [1.29, 1.82) is 0 Å². The second-order valence-corrected chi connectivity index (χ2v) is 7.40. The van der Waals surface area contributed by atoms with Crippen molar-refractivity contribution in [2.75, 3.05) is 13.1 Å². The van der Waals surface area contributed by atoms with Crippen LogP contribution in [0.3, 0.4) is 0 Å². The van der Waals surface area contributed by atoms with Gasteiger partial charge in [0.2, 0.25) is 0 Å². The standard InChI is InChI=1S/C21H23N3O/c25-18-8-6-17(7-9-18)20-21-19(16-10-12-23(21)13-11-16)22-24(20)14-15-4-2-1-3-5-15/h1-9,16,20-21,25H,10-14H2. The first kappa shape index (κ1) is 15.0. The minimum Gasteiger partial charge on any atom is -0.508 e. The van der Waals surface area contributed by atoms with Crippen LogP contribution in [0.1, 0.15) is 30.0 Å². The van der Waals surface area contributed by atoms with E-state index in [0.717, 1.165) is 6.54 Å². The Morgan fingerprint density at radius 2 is 1.64 bits per heavy atom. The summed E-state index contributed by atoms with van der Waals surface area (Å²) in [5.74, 6) is 0.971. The van der Waals surface area contributed by atoms with Gasteiger partial charge in [0, 0.05) is 5.92 Å². The van der Waals surface area contributed by atoms with Gasteiger partial charge in [-0.2, -0.15) is 5.10 Å². The number of nitrogens with zero attached hydrogens (tertiary/aromatic N) is 3. The van der Waals surface area contributed by atoms with Gasteiger partial charge in [-0.25, -0.2) is 0 Å². The molecule has 4 heterocycles. The van der Waals surface area contributed by atoms with Gasteiger partial charge in [-0.15, -0.1) is 0 Å². The zero-order valence-electron chi connectivity index (χ0n) is 14.3. The molecule has 128 valence electrons. The van der Waals surface area contributed by atoms with Gasteiger partial charge in [0.25, 0.3) is 0 Å². The third-order valence-corrected chi connectivity index (χ3v) is 5.93. The lowest BCUT2D eigenvalue weighted by Gasteiger charge is -2.46. The Labute approximate surface area is 148 Å².